The van der Waals surface area contributed by atoms with Crippen molar-refractivity contribution in [1.82, 2.24) is 5.32 Å². The fourth-order valence-corrected chi connectivity index (χ4v) is 1.53. The van der Waals surface area contributed by atoms with Gasteiger partial charge in [-0.05, 0) is 25.0 Å². The van der Waals surface area contributed by atoms with Crippen LogP contribution in [0.1, 0.15) is 29.8 Å². The number of carbonyl (C=O) groups is 1. The number of aryl methyl sites for hydroxylation is 1. The van der Waals surface area contributed by atoms with Gasteiger partial charge in [0.2, 0.25) is 0 Å². The summed E-state index contributed by atoms with van der Waals surface area (Å²) < 4.78 is 0. The molecule has 0 aliphatic carbocycles. The molecule has 0 fully saturated rings. The van der Waals surface area contributed by atoms with E-state index in [1.807, 2.05) is 25.1 Å². The van der Waals surface area contributed by atoms with Crippen molar-refractivity contribution >= 4 is 5.91 Å². The van der Waals surface area contributed by atoms with E-state index >= 15 is 0 Å². The summed E-state index contributed by atoms with van der Waals surface area (Å²) in [6.07, 6.45) is 0.184. The van der Waals surface area contributed by atoms with E-state index < -0.39 is 12.1 Å². The van der Waals surface area contributed by atoms with Gasteiger partial charge in [-0.2, -0.15) is 0 Å². The van der Waals surface area contributed by atoms with Gasteiger partial charge in [0.15, 0.2) is 0 Å². The first-order chi connectivity index (χ1) is 8.06. The molecule has 0 radical (unpaired) electrons. The number of amides is 1. The van der Waals surface area contributed by atoms with Crippen molar-refractivity contribution < 1.29 is 9.90 Å². The summed E-state index contributed by atoms with van der Waals surface area (Å²) in [4.78, 5) is 11.9. The Bertz CT molecular complexity index is 377. The smallest absolute Gasteiger partial charge is 0.251 e. The van der Waals surface area contributed by atoms with Crippen molar-refractivity contribution in [2.45, 2.75) is 32.4 Å². The summed E-state index contributed by atoms with van der Waals surface area (Å²) in [7, 11) is 0. The molecular weight excluding hydrogens is 216 g/mol. The first-order valence-corrected chi connectivity index (χ1v) is 5.86. The zero-order valence-electron chi connectivity index (χ0n) is 10.3. The zero-order valence-corrected chi connectivity index (χ0v) is 10.3. The Hall–Kier alpha value is -1.39. The van der Waals surface area contributed by atoms with Gasteiger partial charge in [0.25, 0.3) is 5.91 Å². The lowest BCUT2D eigenvalue weighted by molar-refractivity contribution is 0.0936. The van der Waals surface area contributed by atoms with Crippen LogP contribution in [0.2, 0.25) is 0 Å². The van der Waals surface area contributed by atoms with Gasteiger partial charge in [-0.1, -0.05) is 25.1 Å². The molecule has 0 aliphatic heterocycles. The lowest BCUT2D eigenvalue weighted by Gasteiger charge is -2.16. The fraction of sp³-hybridized carbons (Fsp3) is 0.462. The summed E-state index contributed by atoms with van der Waals surface area (Å²) in [5.41, 5.74) is 7.33. The van der Waals surface area contributed by atoms with Crippen molar-refractivity contribution in [2.75, 3.05) is 6.54 Å². The SMILES string of the molecule is CCc1ccccc1C(=O)NCC(N)C(C)O. The highest BCUT2D eigenvalue weighted by Gasteiger charge is 2.13. The third-order valence-corrected chi connectivity index (χ3v) is 2.76. The average molecular weight is 236 g/mol. The van der Waals surface area contributed by atoms with Crippen LogP contribution in [0.3, 0.4) is 0 Å². The van der Waals surface area contributed by atoms with E-state index in [0.29, 0.717) is 5.56 Å². The van der Waals surface area contributed by atoms with Gasteiger partial charge in [0.05, 0.1) is 6.10 Å². The Labute approximate surface area is 102 Å². The second-order valence-electron chi connectivity index (χ2n) is 4.13. The van der Waals surface area contributed by atoms with Crippen LogP contribution >= 0.6 is 0 Å². The number of aliphatic hydroxyl groups is 1. The van der Waals surface area contributed by atoms with Crippen LogP contribution in [0.5, 0.6) is 0 Å². The first-order valence-electron chi connectivity index (χ1n) is 5.86. The molecule has 0 aliphatic rings. The van der Waals surface area contributed by atoms with Gasteiger partial charge >= 0.3 is 0 Å². The molecule has 17 heavy (non-hydrogen) atoms. The molecule has 4 heteroatoms. The van der Waals surface area contributed by atoms with Gasteiger partial charge in [0.1, 0.15) is 0 Å². The third-order valence-electron chi connectivity index (χ3n) is 2.76. The fourth-order valence-electron chi connectivity index (χ4n) is 1.53. The van der Waals surface area contributed by atoms with Gasteiger partial charge in [0, 0.05) is 18.2 Å². The van der Waals surface area contributed by atoms with E-state index in [1.54, 1.807) is 13.0 Å². The Morgan fingerprint density at radius 2 is 2.12 bits per heavy atom. The molecule has 2 atom stereocenters. The van der Waals surface area contributed by atoms with Crippen LogP contribution in [0.25, 0.3) is 0 Å². The van der Waals surface area contributed by atoms with E-state index in [2.05, 4.69) is 5.32 Å². The molecule has 94 valence electrons. The molecule has 0 bridgehead atoms. The minimum Gasteiger partial charge on any atom is -0.392 e. The molecule has 0 saturated carbocycles. The molecule has 0 aromatic heterocycles. The largest absolute Gasteiger partial charge is 0.392 e. The Morgan fingerprint density at radius 3 is 2.71 bits per heavy atom. The Morgan fingerprint density at radius 1 is 1.47 bits per heavy atom. The van der Waals surface area contributed by atoms with Crippen LogP contribution < -0.4 is 11.1 Å². The topological polar surface area (TPSA) is 75.4 Å². The summed E-state index contributed by atoms with van der Waals surface area (Å²) in [5, 5.41) is 12.0. The molecule has 0 heterocycles. The predicted molar refractivity (Wildman–Crippen MR) is 67.8 cm³/mol. The minimum atomic E-state index is -0.628. The number of rotatable bonds is 5. The number of nitrogens with two attached hydrogens (primary N) is 1. The van der Waals surface area contributed by atoms with Crippen molar-refractivity contribution in [3.8, 4) is 0 Å². The van der Waals surface area contributed by atoms with E-state index in [-0.39, 0.29) is 12.5 Å². The highest BCUT2D eigenvalue weighted by Crippen LogP contribution is 2.09. The van der Waals surface area contributed by atoms with Crippen LogP contribution in [0.15, 0.2) is 24.3 Å². The standard InChI is InChI=1S/C13H20N2O2/c1-3-10-6-4-5-7-11(10)13(17)15-8-12(14)9(2)16/h4-7,9,12,16H,3,8,14H2,1-2H3,(H,15,17). The minimum absolute atomic E-state index is 0.140. The van der Waals surface area contributed by atoms with Crippen molar-refractivity contribution in [2.24, 2.45) is 5.73 Å². The summed E-state index contributed by atoms with van der Waals surface area (Å²) >= 11 is 0. The first kappa shape index (κ1) is 13.7. The van der Waals surface area contributed by atoms with E-state index in [9.17, 15) is 9.90 Å². The van der Waals surface area contributed by atoms with Gasteiger partial charge < -0.3 is 16.2 Å². The molecule has 1 aromatic carbocycles. The number of carbonyl (C=O) groups excluding carboxylic acids is 1. The zero-order chi connectivity index (χ0) is 12.8. The summed E-state index contributed by atoms with van der Waals surface area (Å²) in [6.45, 7) is 3.89. The molecule has 1 aromatic rings. The third kappa shape index (κ3) is 3.84. The second kappa shape index (κ2) is 6.37. The lowest BCUT2D eigenvalue weighted by Crippen LogP contribution is -2.43. The number of benzene rings is 1. The van der Waals surface area contributed by atoms with Gasteiger partial charge in [-0.3, -0.25) is 4.79 Å². The quantitative estimate of drug-likeness (QED) is 0.704. The van der Waals surface area contributed by atoms with E-state index in [4.69, 9.17) is 5.73 Å². The van der Waals surface area contributed by atoms with Gasteiger partial charge in [-0.15, -0.1) is 0 Å². The van der Waals surface area contributed by atoms with Crippen molar-refractivity contribution in [1.29, 1.82) is 0 Å². The summed E-state index contributed by atoms with van der Waals surface area (Å²) in [6, 6.07) is 7.04. The number of hydrogen-bond donors (Lipinski definition) is 3. The average Bonchev–Trinajstić information content (AvgIpc) is 2.35. The molecular formula is C13H20N2O2. The molecule has 1 rings (SSSR count). The number of nitrogens with one attached hydrogen (secondary N) is 1. The van der Waals surface area contributed by atoms with Crippen LogP contribution in [-0.2, 0) is 6.42 Å². The second-order valence-corrected chi connectivity index (χ2v) is 4.13. The Kier molecular flexibility index (Phi) is 5.12. The maximum atomic E-state index is 11.9. The van der Waals surface area contributed by atoms with Crippen LogP contribution in [0, 0.1) is 0 Å². The monoisotopic (exact) mass is 236 g/mol. The molecule has 4 nitrogen and oxygen atoms in total. The van der Waals surface area contributed by atoms with E-state index in [1.165, 1.54) is 0 Å². The maximum absolute atomic E-state index is 11.9. The van der Waals surface area contributed by atoms with E-state index in [0.717, 1.165) is 12.0 Å². The van der Waals surface area contributed by atoms with Gasteiger partial charge in [-0.25, -0.2) is 0 Å². The number of hydrogen-bond acceptors (Lipinski definition) is 3. The molecule has 4 N–H and O–H groups in total. The highest BCUT2D eigenvalue weighted by molar-refractivity contribution is 5.95. The lowest BCUT2D eigenvalue weighted by atomic mass is 10.0. The molecule has 0 spiro atoms. The maximum Gasteiger partial charge on any atom is 0.251 e. The summed E-state index contributed by atoms with van der Waals surface area (Å²) in [5.74, 6) is -0.140. The van der Waals surface area contributed by atoms with Crippen LogP contribution in [0.4, 0.5) is 0 Å². The number of aliphatic hydroxyl groups excluding tert-OH is 1. The molecule has 2 unspecified atom stereocenters. The predicted octanol–water partition coefficient (Wildman–Crippen LogP) is 0.687. The normalized spacial score (nSPS) is 14.1. The molecule has 1 amide bonds. The highest BCUT2D eigenvalue weighted by atomic mass is 16.3. The molecule has 0 saturated heterocycles. The van der Waals surface area contributed by atoms with Crippen molar-refractivity contribution in [3.63, 3.8) is 0 Å². The van der Waals surface area contributed by atoms with Crippen LogP contribution in [-0.4, -0.2) is 29.7 Å². The Balaban J connectivity index is 2.64. The van der Waals surface area contributed by atoms with Crippen molar-refractivity contribution in [3.05, 3.63) is 35.4 Å².